The van der Waals surface area contributed by atoms with E-state index in [9.17, 15) is 19.7 Å². The number of rotatable bonds is 4. The molecule has 0 bridgehead atoms. The van der Waals surface area contributed by atoms with Crippen molar-refractivity contribution < 1.29 is 24.0 Å². The fraction of sp³-hybridized carbons (Fsp3) is 0.364. The molecule has 0 aliphatic carbocycles. The Bertz CT molecular complexity index is 1030. The Hall–Kier alpha value is -3.82. The number of hydrogen-bond donors (Lipinski definition) is 2. The molecular formula is C22H24N4O6. The molecule has 0 aromatic heterocycles. The van der Waals surface area contributed by atoms with E-state index in [1.807, 2.05) is 4.90 Å². The number of nitro groups is 1. The molecule has 168 valence electrons. The highest BCUT2D eigenvalue weighted by atomic mass is 16.6. The highest BCUT2D eigenvalue weighted by Gasteiger charge is 2.28. The van der Waals surface area contributed by atoms with Crippen LogP contribution in [0.5, 0.6) is 11.5 Å². The van der Waals surface area contributed by atoms with Gasteiger partial charge in [0.25, 0.3) is 17.5 Å². The Morgan fingerprint density at radius 1 is 1.09 bits per heavy atom. The van der Waals surface area contributed by atoms with Gasteiger partial charge in [-0.15, -0.1) is 0 Å². The standard InChI is InChI=1S/C22H24N4O6/c1-14-8-10-25(11-9-14)16-7-6-15(12-17(16)26(29)30)21(27)23-24-22(28)20-13-31-18-4-2-3-5-19(18)32-20/h2-7,12,14,20H,8-11,13H2,1H3,(H,23,27)(H,24,28)/t20-/m1/s1. The van der Waals surface area contributed by atoms with Crippen LogP contribution in [0.25, 0.3) is 0 Å². The van der Waals surface area contributed by atoms with Crippen LogP contribution in [0.1, 0.15) is 30.1 Å². The molecule has 1 fully saturated rings. The van der Waals surface area contributed by atoms with E-state index in [1.165, 1.54) is 12.1 Å². The topological polar surface area (TPSA) is 123 Å². The lowest BCUT2D eigenvalue weighted by Crippen LogP contribution is -2.50. The van der Waals surface area contributed by atoms with E-state index in [-0.39, 0.29) is 17.9 Å². The summed E-state index contributed by atoms with van der Waals surface area (Å²) < 4.78 is 11.1. The number of nitrogens with zero attached hydrogens (tertiary/aromatic N) is 2. The van der Waals surface area contributed by atoms with Crippen LogP contribution in [0.2, 0.25) is 0 Å². The second-order valence-corrected chi connectivity index (χ2v) is 7.94. The Balaban J connectivity index is 1.39. The average molecular weight is 440 g/mol. The SMILES string of the molecule is CC1CCN(c2ccc(C(=O)NNC(=O)[C@H]3COc4ccccc4O3)cc2[N+](=O)[O-])CC1. The minimum atomic E-state index is -0.941. The molecule has 2 aliphatic heterocycles. The van der Waals surface area contributed by atoms with Crippen molar-refractivity contribution in [1.82, 2.24) is 10.9 Å². The third-order valence-corrected chi connectivity index (χ3v) is 5.66. The first-order valence-corrected chi connectivity index (χ1v) is 10.4. The first-order valence-electron chi connectivity index (χ1n) is 10.4. The molecule has 2 aromatic rings. The fourth-order valence-electron chi connectivity index (χ4n) is 3.75. The number of fused-ring (bicyclic) bond motifs is 1. The van der Waals surface area contributed by atoms with Crippen molar-refractivity contribution in [3.8, 4) is 11.5 Å². The van der Waals surface area contributed by atoms with E-state index in [4.69, 9.17) is 9.47 Å². The lowest BCUT2D eigenvalue weighted by molar-refractivity contribution is -0.384. The summed E-state index contributed by atoms with van der Waals surface area (Å²) >= 11 is 0. The van der Waals surface area contributed by atoms with Crippen LogP contribution in [0.3, 0.4) is 0 Å². The summed E-state index contributed by atoms with van der Waals surface area (Å²) in [5, 5.41) is 11.6. The van der Waals surface area contributed by atoms with Gasteiger partial charge in [0.1, 0.15) is 12.3 Å². The van der Waals surface area contributed by atoms with Crippen LogP contribution in [0.15, 0.2) is 42.5 Å². The van der Waals surface area contributed by atoms with Crippen molar-refractivity contribution in [3.63, 3.8) is 0 Å². The van der Waals surface area contributed by atoms with Gasteiger partial charge < -0.3 is 14.4 Å². The Morgan fingerprint density at radius 2 is 1.81 bits per heavy atom. The maximum atomic E-state index is 12.5. The van der Waals surface area contributed by atoms with E-state index in [2.05, 4.69) is 17.8 Å². The third-order valence-electron chi connectivity index (χ3n) is 5.66. The van der Waals surface area contributed by atoms with Gasteiger partial charge in [-0.2, -0.15) is 0 Å². The monoisotopic (exact) mass is 440 g/mol. The first kappa shape index (κ1) is 21.4. The molecule has 10 nitrogen and oxygen atoms in total. The lowest BCUT2D eigenvalue weighted by atomic mass is 9.98. The number of benzene rings is 2. The number of anilines is 1. The second-order valence-electron chi connectivity index (χ2n) is 7.94. The number of amides is 2. The van der Waals surface area contributed by atoms with Crippen molar-refractivity contribution in [3.05, 3.63) is 58.1 Å². The van der Waals surface area contributed by atoms with Gasteiger partial charge in [-0.3, -0.25) is 30.6 Å². The molecule has 2 N–H and O–H groups in total. The first-order chi connectivity index (χ1) is 15.4. The van der Waals surface area contributed by atoms with E-state index in [0.29, 0.717) is 23.1 Å². The summed E-state index contributed by atoms with van der Waals surface area (Å²) in [4.78, 5) is 38.0. The van der Waals surface area contributed by atoms with Gasteiger partial charge in [0.2, 0.25) is 6.10 Å². The maximum Gasteiger partial charge on any atom is 0.293 e. The Labute approximate surface area is 184 Å². The number of carbonyl (C=O) groups is 2. The number of para-hydroxylation sites is 2. The van der Waals surface area contributed by atoms with Crippen LogP contribution < -0.4 is 25.2 Å². The Kier molecular flexibility index (Phi) is 6.11. The van der Waals surface area contributed by atoms with Crippen LogP contribution >= 0.6 is 0 Å². The molecule has 2 aromatic carbocycles. The van der Waals surface area contributed by atoms with Crippen molar-refractivity contribution in [2.45, 2.75) is 25.9 Å². The van der Waals surface area contributed by atoms with Crippen molar-refractivity contribution in [2.24, 2.45) is 5.92 Å². The molecule has 1 saturated heterocycles. The largest absolute Gasteiger partial charge is 0.485 e. The highest BCUT2D eigenvalue weighted by molar-refractivity contribution is 5.97. The van der Waals surface area contributed by atoms with Crippen LogP contribution in [-0.4, -0.2) is 42.5 Å². The number of hydrazine groups is 1. The molecule has 2 aliphatic rings. The lowest BCUT2D eigenvalue weighted by Gasteiger charge is -2.31. The number of nitrogens with one attached hydrogen (secondary N) is 2. The minimum Gasteiger partial charge on any atom is -0.485 e. The molecule has 1 atom stereocenters. The molecule has 10 heteroatoms. The molecule has 0 spiro atoms. The molecule has 0 saturated carbocycles. The molecule has 0 radical (unpaired) electrons. The van der Waals surface area contributed by atoms with Crippen molar-refractivity contribution >= 4 is 23.2 Å². The summed E-state index contributed by atoms with van der Waals surface area (Å²) in [6.45, 7) is 3.62. The van der Waals surface area contributed by atoms with E-state index in [1.54, 1.807) is 30.3 Å². The quantitative estimate of drug-likeness (QED) is 0.553. The zero-order valence-corrected chi connectivity index (χ0v) is 17.6. The number of ether oxygens (including phenoxy) is 2. The number of nitro benzene ring substituents is 1. The van der Waals surface area contributed by atoms with Gasteiger partial charge in [-0.25, -0.2) is 0 Å². The molecular weight excluding hydrogens is 416 g/mol. The van der Waals surface area contributed by atoms with Gasteiger partial charge in [-0.1, -0.05) is 19.1 Å². The van der Waals surface area contributed by atoms with Gasteiger partial charge >= 0.3 is 0 Å². The molecule has 0 unspecified atom stereocenters. The van der Waals surface area contributed by atoms with Gasteiger partial charge in [-0.05, 0) is 43.0 Å². The third kappa shape index (κ3) is 4.58. The van der Waals surface area contributed by atoms with Crippen LogP contribution in [0, 0.1) is 16.0 Å². The maximum absolute atomic E-state index is 12.5. The van der Waals surface area contributed by atoms with E-state index >= 15 is 0 Å². The molecule has 2 heterocycles. The minimum absolute atomic E-state index is 0.00661. The summed E-state index contributed by atoms with van der Waals surface area (Å²) in [5.74, 6) is 0.296. The normalized spacial score (nSPS) is 18.0. The smallest absolute Gasteiger partial charge is 0.293 e. The van der Waals surface area contributed by atoms with Crippen LogP contribution in [-0.2, 0) is 4.79 Å². The number of piperidine rings is 1. The van der Waals surface area contributed by atoms with Gasteiger partial charge in [0.05, 0.1) is 4.92 Å². The van der Waals surface area contributed by atoms with E-state index < -0.39 is 22.8 Å². The number of hydrogen-bond acceptors (Lipinski definition) is 7. The van der Waals surface area contributed by atoms with Crippen molar-refractivity contribution in [1.29, 1.82) is 0 Å². The molecule has 2 amide bonds. The highest BCUT2D eigenvalue weighted by Crippen LogP contribution is 2.33. The summed E-state index contributed by atoms with van der Waals surface area (Å²) in [6.07, 6.45) is 0.981. The molecule has 4 rings (SSSR count). The predicted octanol–water partition coefficient (Wildman–Crippen LogP) is 2.43. The number of carbonyl (C=O) groups excluding carboxylic acids is 2. The predicted molar refractivity (Wildman–Crippen MR) is 116 cm³/mol. The second kappa shape index (κ2) is 9.13. The van der Waals surface area contributed by atoms with Crippen LogP contribution in [0.4, 0.5) is 11.4 Å². The van der Waals surface area contributed by atoms with E-state index in [0.717, 1.165) is 25.9 Å². The Morgan fingerprint density at radius 3 is 2.53 bits per heavy atom. The fourth-order valence-corrected chi connectivity index (χ4v) is 3.75. The zero-order chi connectivity index (χ0) is 22.7. The summed E-state index contributed by atoms with van der Waals surface area (Å²) in [5.41, 5.74) is 4.99. The summed E-state index contributed by atoms with van der Waals surface area (Å²) in [6, 6.07) is 11.3. The van der Waals surface area contributed by atoms with Gasteiger partial charge in [0, 0.05) is 24.7 Å². The summed E-state index contributed by atoms with van der Waals surface area (Å²) in [7, 11) is 0. The average Bonchev–Trinajstić information content (AvgIpc) is 2.82. The molecule has 32 heavy (non-hydrogen) atoms. The van der Waals surface area contributed by atoms with Crippen molar-refractivity contribution in [2.75, 3.05) is 24.6 Å². The van der Waals surface area contributed by atoms with Gasteiger partial charge in [0.15, 0.2) is 11.5 Å². The zero-order valence-electron chi connectivity index (χ0n) is 17.6.